The summed E-state index contributed by atoms with van der Waals surface area (Å²) in [4.78, 5) is 64.0. The molecule has 1 N–H and O–H groups in total. The summed E-state index contributed by atoms with van der Waals surface area (Å²) in [5.74, 6) is -1.42. The summed E-state index contributed by atoms with van der Waals surface area (Å²) in [6.45, 7) is 17.7. The Bertz CT molecular complexity index is 3800. The molecule has 18 nitrogen and oxygen atoms in total. The molecule has 3 fully saturated rings. The first-order valence-corrected chi connectivity index (χ1v) is 25.5. The normalized spacial score (nSPS) is 22.0. The number of nitrogens with one attached hydrogen (secondary N) is 1. The molecule has 1 spiro atoms. The molecular formula is C55H59F2N11O7. The van der Waals surface area contributed by atoms with Gasteiger partial charge in [0.25, 0.3) is 5.91 Å². The molecule has 1 aliphatic carbocycles. The quantitative estimate of drug-likeness (QED) is 0.163. The van der Waals surface area contributed by atoms with E-state index in [1.165, 1.54) is 33.8 Å². The number of aromatic nitrogens is 9. The highest BCUT2D eigenvalue weighted by atomic mass is 19.1. The van der Waals surface area contributed by atoms with Gasteiger partial charge >= 0.3 is 17.5 Å². The van der Waals surface area contributed by atoms with Gasteiger partial charge < -0.3 is 23.8 Å². The van der Waals surface area contributed by atoms with Crippen LogP contribution in [-0.2, 0) is 27.5 Å². The van der Waals surface area contributed by atoms with Gasteiger partial charge in [0.05, 0.1) is 51.2 Å². The highest BCUT2D eigenvalue weighted by Crippen LogP contribution is 2.57. The molecule has 8 aromatic rings. The summed E-state index contributed by atoms with van der Waals surface area (Å²) in [6.07, 6.45) is 6.09. The van der Waals surface area contributed by atoms with Crippen molar-refractivity contribution in [1.29, 1.82) is 0 Å². The number of halogens is 2. The highest BCUT2D eigenvalue weighted by molar-refractivity contribution is 6.00. The van der Waals surface area contributed by atoms with E-state index in [0.717, 1.165) is 29.3 Å². The summed E-state index contributed by atoms with van der Waals surface area (Å²) in [5.41, 5.74) is 1.21. The molecule has 12 rings (SSSR count). The standard InChI is InChI=1S/C55H59F2N11O7/c1-29-19-36(20-30(2)43(29)56)68-46(65-17-16-64(50(65)71)40-14-13-39-37(44(40)57)25-58-62(39)10)42-32(4)66(28-54(45(42)60-68)26-63(27-54)51(72)74-52(5,6)7)47(69)41-22-35-21-33(34-15-18-73-53(8,9)24-34)11-12-38(35)67(41)55(23-31(55)3)48-59-49(70)75-61-48/h11-14,16-17,19-22,25,31-32,34H,15,18,23-24,26-28H2,1-10H3,(H,59,61,70)/t31-,32-,34-,55-/m0/s1. The van der Waals surface area contributed by atoms with Gasteiger partial charge in [0.15, 0.2) is 11.6 Å². The van der Waals surface area contributed by atoms with Crippen molar-refractivity contribution in [2.24, 2.45) is 13.0 Å². The zero-order chi connectivity index (χ0) is 53.0. The Balaban J connectivity index is 1.06. The minimum atomic E-state index is -1.01. The number of hydrogen-bond acceptors (Lipinski definition) is 10. The van der Waals surface area contributed by atoms with Crippen molar-refractivity contribution in [1.82, 2.24) is 53.2 Å². The lowest BCUT2D eigenvalue weighted by atomic mass is 9.71. The van der Waals surface area contributed by atoms with Crippen molar-refractivity contribution in [3.8, 4) is 17.2 Å². The van der Waals surface area contributed by atoms with Crippen LogP contribution in [0.5, 0.6) is 0 Å². The number of likely N-dealkylation sites (tertiary alicyclic amines) is 1. The third-order valence-electron chi connectivity index (χ3n) is 16.2. The fraction of sp³-hybridized carbons (Fsp3) is 0.436. The number of aryl methyl sites for hydroxylation is 3. The van der Waals surface area contributed by atoms with Gasteiger partial charge in [-0.2, -0.15) is 10.2 Å². The number of nitrogens with zero attached hydrogens (tertiary/aromatic N) is 10. The van der Waals surface area contributed by atoms with Crippen molar-refractivity contribution in [3.05, 3.63) is 139 Å². The van der Waals surface area contributed by atoms with E-state index in [1.54, 1.807) is 79.0 Å². The second kappa shape index (κ2) is 16.4. The van der Waals surface area contributed by atoms with Crippen LogP contribution in [-0.4, -0.2) is 103 Å². The van der Waals surface area contributed by atoms with Crippen LogP contribution in [0.1, 0.15) is 124 Å². The average molecular weight is 1020 g/mol. The molecule has 3 aliphatic heterocycles. The number of carbonyl (C=O) groups excluding carboxylic acids is 2. The molecule has 390 valence electrons. The van der Waals surface area contributed by atoms with Crippen molar-refractivity contribution in [2.75, 3.05) is 26.2 Å². The van der Waals surface area contributed by atoms with Gasteiger partial charge in [0.2, 0.25) is 0 Å². The van der Waals surface area contributed by atoms with Gasteiger partial charge in [0.1, 0.15) is 28.5 Å². The number of ether oxygens (including phenoxy) is 2. The first-order valence-electron chi connectivity index (χ1n) is 25.5. The average Bonchev–Trinajstić information content (AvgIpc) is 4.00. The zero-order valence-corrected chi connectivity index (χ0v) is 43.6. The lowest BCUT2D eigenvalue weighted by molar-refractivity contribution is -0.0593. The third kappa shape index (κ3) is 7.44. The van der Waals surface area contributed by atoms with Crippen molar-refractivity contribution in [2.45, 2.75) is 116 Å². The lowest BCUT2D eigenvalue weighted by Gasteiger charge is -2.54. The number of rotatable bonds is 7. The number of amides is 2. The molecule has 75 heavy (non-hydrogen) atoms. The Morgan fingerprint density at radius 1 is 0.907 bits per heavy atom. The fourth-order valence-corrected chi connectivity index (χ4v) is 12.4. The maximum Gasteiger partial charge on any atom is 0.438 e. The van der Waals surface area contributed by atoms with Crippen molar-refractivity contribution >= 4 is 33.8 Å². The van der Waals surface area contributed by atoms with Crippen LogP contribution in [0.4, 0.5) is 13.6 Å². The first-order chi connectivity index (χ1) is 35.5. The van der Waals surface area contributed by atoms with E-state index in [9.17, 15) is 9.59 Å². The summed E-state index contributed by atoms with van der Waals surface area (Å²) in [7, 11) is 1.71. The molecule has 0 radical (unpaired) electrons. The van der Waals surface area contributed by atoms with E-state index in [1.807, 2.05) is 30.5 Å². The number of hydrogen-bond donors (Lipinski definition) is 1. The van der Waals surface area contributed by atoms with Crippen molar-refractivity contribution < 1.29 is 32.4 Å². The molecule has 3 aromatic carbocycles. The number of aromatic amines is 1. The number of H-pyrrole nitrogens is 1. The smallest absolute Gasteiger partial charge is 0.438 e. The second-order valence-electron chi connectivity index (χ2n) is 23.0. The van der Waals surface area contributed by atoms with E-state index in [2.05, 4.69) is 41.2 Å². The molecule has 2 saturated heterocycles. The van der Waals surface area contributed by atoms with E-state index in [4.69, 9.17) is 19.1 Å². The summed E-state index contributed by atoms with van der Waals surface area (Å²) < 4.78 is 56.7. The maximum absolute atomic E-state index is 16.5. The molecule has 20 heteroatoms. The summed E-state index contributed by atoms with van der Waals surface area (Å²) in [6, 6.07) is 13.9. The van der Waals surface area contributed by atoms with Crippen LogP contribution >= 0.6 is 0 Å². The molecule has 4 atom stereocenters. The molecule has 8 heterocycles. The van der Waals surface area contributed by atoms with Crippen LogP contribution in [0.3, 0.4) is 0 Å². The number of carbonyl (C=O) groups is 2. The SMILES string of the molecule is Cc1cc(-n2nc3c(c2-n2ccn(-c4ccc5c(cnn5C)c4F)c2=O)[C@H](C)N(C(=O)c2cc4cc([C@H]5CCOC(C)(C)C5)ccc4n2[C@@]2(c4noc(=O)[nH]4)C[C@@H]2C)CC32CN(C(=O)OC(C)(C)C)C2)cc(C)c1F. The summed E-state index contributed by atoms with van der Waals surface area (Å²) in [5, 5.41) is 14.8. The van der Waals surface area contributed by atoms with Crippen LogP contribution in [0.25, 0.3) is 39.0 Å². The Labute approximate surface area is 429 Å². The summed E-state index contributed by atoms with van der Waals surface area (Å²) >= 11 is 0. The Hall–Kier alpha value is -7.61. The molecule has 0 bridgehead atoms. The monoisotopic (exact) mass is 1020 g/mol. The minimum absolute atomic E-state index is 0.00539. The van der Waals surface area contributed by atoms with E-state index >= 15 is 18.4 Å². The van der Waals surface area contributed by atoms with Crippen LogP contribution in [0.15, 0.2) is 81.2 Å². The van der Waals surface area contributed by atoms with Gasteiger partial charge in [-0.05, 0) is 146 Å². The van der Waals surface area contributed by atoms with Crippen LogP contribution < -0.4 is 11.4 Å². The van der Waals surface area contributed by atoms with E-state index in [-0.39, 0.29) is 59.9 Å². The van der Waals surface area contributed by atoms with Gasteiger partial charge in [-0.25, -0.2) is 27.8 Å². The highest BCUT2D eigenvalue weighted by Gasteiger charge is 2.61. The van der Waals surface area contributed by atoms with Gasteiger partial charge in [0, 0.05) is 62.1 Å². The molecule has 2 amide bonds. The van der Waals surface area contributed by atoms with E-state index in [0.29, 0.717) is 58.1 Å². The topological polar surface area (TPSA) is 185 Å². The molecule has 5 aromatic heterocycles. The number of imidazole rings is 1. The van der Waals surface area contributed by atoms with Crippen molar-refractivity contribution in [3.63, 3.8) is 0 Å². The second-order valence-corrected chi connectivity index (χ2v) is 23.0. The number of fused-ring (bicyclic) bond motifs is 4. The largest absolute Gasteiger partial charge is 0.444 e. The Kier molecular flexibility index (Phi) is 10.6. The lowest BCUT2D eigenvalue weighted by Crippen LogP contribution is -2.68. The van der Waals surface area contributed by atoms with Crippen LogP contribution in [0.2, 0.25) is 0 Å². The van der Waals surface area contributed by atoms with Crippen LogP contribution in [0, 0.1) is 31.4 Å². The Morgan fingerprint density at radius 2 is 1.61 bits per heavy atom. The Morgan fingerprint density at radius 3 is 2.28 bits per heavy atom. The molecule has 4 aliphatic rings. The zero-order valence-electron chi connectivity index (χ0n) is 43.6. The van der Waals surface area contributed by atoms with Gasteiger partial charge in [-0.3, -0.25) is 28.1 Å². The van der Waals surface area contributed by atoms with Gasteiger partial charge in [-0.15, -0.1) is 0 Å². The predicted molar refractivity (Wildman–Crippen MR) is 273 cm³/mol. The maximum atomic E-state index is 16.5. The number of benzene rings is 3. The first kappa shape index (κ1) is 48.3. The molecule has 0 unspecified atom stereocenters. The minimum Gasteiger partial charge on any atom is -0.444 e. The predicted octanol–water partition coefficient (Wildman–Crippen LogP) is 8.39. The third-order valence-corrected chi connectivity index (χ3v) is 16.2. The molecular weight excluding hydrogens is 965 g/mol. The fourth-order valence-electron chi connectivity index (χ4n) is 12.4. The van der Waals surface area contributed by atoms with E-state index < -0.39 is 51.8 Å². The van der Waals surface area contributed by atoms with Gasteiger partial charge in [-0.1, -0.05) is 18.1 Å². The molecule has 1 saturated carbocycles.